The second-order valence-electron chi connectivity index (χ2n) is 8.68. The van der Waals surface area contributed by atoms with Gasteiger partial charge in [-0.15, -0.1) is 0 Å². The monoisotopic (exact) mass is 552 g/mol. The zero-order chi connectivity index (χ0) is 26.6. The van der Waals surface area contributed by atoms with E-state index in [2.05, 4.69) is 9.97 Å². The molecular formula is C29H22ClN2NaO6. The SMILES string of the molecule is COc1ccc(-c2ccc(CC(=O)c3ccc(Oc4cc5c(cc4Cl)C(C(=O)[O-])CCO5)cc3)nc2)cn1.[Na+]. The molecule has 0 N–H and O–H groups in total. The fraction of sp³-hybridized carbons (Fsp3) is 0.172. The average molecular weight is 553 g/mol. The number of carboxylic acids is 1. The number of carboxylic acid groups (broad SMARTS) is 1. The van der Waals surface area contributed by atoms with Crippen LogP contribution in [0.5, 0.6) is 23.1 Å². The van der Waals surface area contributed by atoms with Gasteiger partial charge in [-0.2, -0.15) is 0 Å². The van der Waals surface area contributed by atoms with E-state index < -0.39 is 11.9 Å². The van der Waals surface area contributed by atoms with E-state index in [0.29, 0.717) is 46.4 Å². The molecule has 1 aliphatic rings. The van der Waals surface area contributed by atoms with Gasteiger partial charge < -0.3 is 24.1 Å². The van der Waals surface area contributed by atoms with E-state index in [1.165, 1.54) is 6.07 Å². The number of ether oxygens (including phenoxy) is 3. The van der Waals surface area contributed by atoms with E-state index in [9.17, 15) is 14.7 Å². The van der Waals surface area contributed by atoms with Gasteiger partial charge in [0, 0.05) is 64.4 Å². The van der Waals surface area contributed by atoms with Gasteiger partial charge in [0.1, 0.15) is 17.2 Å². The van der Waals surface area contributed by atoms with Crippen LogP contribution >= 0.6 is 11.6 Å². The number of pyridine rings is 2. The number of carbonyl (C=O) groups excluding carboxylic acids is 2. The van der Waals surface area contributed by atoms with Crippen LogP contribution in [-0.2, 0) is 11.2 Å². The predicted molar refractivity (Wildman–Crippen MR) is 138 cm³/mol. The van der Waals surface area contributed by atoms with Crippen molar-refractivity contribution in [2.45, 2.75) is 18.8 Å². The van der Waals surface area contributed by atoms with E-state index in [1.54, 1.807) is 55.9 Å². The van der Waals surface area contributed by atoms with Gasteiger partial charge in [-0.25, -0.2) is 4.98 Å². The number of carbonyl (C=O) groups is 2. The first-order chi connectivity index (χ1) is 18.4. The third kappa shape index (κ3) is 6.59. The number of hydrogen-bond acceptors (Lipinski definition) is 8. The molecule has 0 spiro atoms. The first kappa shape index (κ1) is 28.6. The zero-order valence-corrected chi connectivity index (χ0v) is 24.1. The molecule has 3 heterocycles. The molecule has 2 aromatic carbocycles. The van der Waals surface area contributed by atoms with Crippen molar-refractivity contribution < 1.29 is 58.5 Å². The smallest absolute Gasteiger partial charge is 0.549 e. The maximum Gasteiger partial charge on any atom is 1.00 e. The molecule has 5 rings (SSSR count). The molecule has 0 amide bonds. The van der Waals surface area contributed by atoms with Crippen LogP contribution in [0.4, 0.5) is 0 Å². The van der Waals surface area contributed by atoms with Crippen LogP contribution in [0.1, 0.15) is 34.0 Å². The Morgan fingerprint density at radius 1 is 1.03 bits per heavy atom. The number of aromatic nitrogens is 2. The molecule has 2 aromatic heterocycles. The molecule has 10 heteroatoms. The molecule has 1 unspecified atom stereocenters. The third-order valence-corrected chi connectivity index (χ3v) is 6.53. The number of Topliss-reactive ketones (excluding diaryl/α,β-unsaturated/α-hetero) is 1. The van der Waals surface area contributed by atoms with Gasteiger partial charge in [-0.05, 0) is 48.9 Å². The summed E-state index contributed by atoms with van der Waals surface area (Å²) in [6.45, 7) is 0.264. The first-order valence-corrected chi connectivity index (χ1v) is 12.2. The van der Waals surface area contributed by atoms with Crippen LogP contribution in [0.3, 0.4) is 0 Å². The maximum absolute atomic E-state index is 12.8. The Hall–Kier alpha value is -3.43. The van der Waals surface area contributed by atoms with Crippen molar-refractivity contribution in [3.05, 3.63) is 94.9 Å². The Bertz CT molecular complexity index is 1480. The fourth-order valence-corrected chi connectivity index (χ4v) is 4.40. The molecule has 0 saturated heterocycles. The number of halogens is 1. The van der Waals surface area contributed by atoms with Crippen molar-refractivity contribution in [1.82, 2.24) is 9.97 Å². The molecule has 192 valence electrons. The second kappa shape index (κ2) is 12.6. The van der Waals surface area contributed by atoms with Crippen molar-refractivity contribution in [2.75, 3.05) is 13.7 Å². The summed E-state index contributed by atoms with van der Waals surface area (Å²) in [4.78, 5) is 32.9. The van der Waals surface area contributed by atoms with E-state index in [4.69, 9.17) is 25.8 Å². The van der Waals surface area contributed by atoms with Gasteiger partial charge in [0.15, 0.2) is 5.78 Å². The van der Waals surface area contributed by atoms with E-state index in [0.717, 1.165) is 11.1 Å². The predicted octanol–water partition coefficient (Wildman–Crippen LogP) is 1.64. The molecule has 39 heavy (non-hydrogen) atoms. The van der Waals surface area contributed by atoms with Crippen LogP contribution in [0, 0.1) is 0 Å². The number of fused-ring (bicyclic) bond motifs is 1. The van der Waals surface area contributed by atoms with Crippen LogP contribution < -0.4 is 48.9 Å². The molecule has 0 aliphatic carbocycles. The summed E-state index contributed by atoms with van der Waals surface area (Å²) in [5.74, 6) is -0.311. The van der Waals surface area contributed by atoms with Gasteiger partial charge in [-0.1, -0.05) is 17.7 Å². The number of rotatable bonds is 8. The van der Waals surface area contributed by atoms with E-state index in [1.807, 2.05) is 18.2 Å². The Morgan fingerprint density at radius 2 is 1.74 bits per heavy atom. The summed E-state index contributed by atoms with van der Waals surface area (Å²) < 4.78 is 16.6. The summed E-state index contributed by atoms with van der Waals surface area (Å²) in [5.41, 5.74) is 3.42. The second-order valence-corrected chi connectivity index (χ2v) is 9.09. The van der Waals surface area contributed by atoms with Gasteiger partial charge in [0.25, 0.3) is 0 Å². The molecule has 1 atom stereocenters. The first-order valence-electron chi connectivity index (χ1n) is 11.8. The van der Waals surface area contributed by atoms with Crippen LogP contribution in [0.2, 0.25) is 5.02 Å². The van der Waals surface area contributed by atoms with E-state index in [-0.39, 0.29) is 53.4 Å². The van der Waals surface area contributed by atoms with Gasteiger partial charge in [0.05, 0.1) is 25.2 Å². The van der Waals surface area contributed by atoms with Crippen molar-refractivity contribution in [2.24, 2.45) is 0 Å². The molecule has 1 aliphatic heterocycles. The quantitative estimate of drug-likeness (QED) is 0.240. The molecule has 0 saturated carbocycles. The maximum atomic E-state index is 12.8. The number of aliphatic carboxylic acids is 1. The van der Waals surface area contributed by atoms with Crippen LogP contribution in [0.15, 0.2) is 73.1 Å². The standard InChI is InChI=1S/C29H23ClN2O6.Na/c1-36-28-9-5-19(16-32-28)18-2-6-20(31-15-18)12-25(33)17-3-7-21(8-4-17)38-27-14-26-23(13-24(27)30)22(29(34)35)10-11-37-26;/h2-9,13-16,22H,10-12H2,1H3,(H,34,35);/q;+1/p-1. The van der Waals surface area contributed by atoms with Crippen molar-refractivity contribution >= 4 is 23.4 Å². The normalized spacial score (nSPS) is 13.8. The Morgan fingerprint density at radius 3 is 2.36 bits per heavy atom. The van der Waals surface area contributed by atoms with Gasteiger partial charge in [0.2, 0.25) is 5.88 Å². The molecule has 8 nitrogen and oxygen atoms in total. The van der Waals surface area contributed by atoms with Crippen molar-refractivity contribution in [3.63, 3.8) is 0 Å². The molecule has 0 radical (unpaired) electrons. The Balaban J connectivity index is 0.00000353. The Kier molecular flexibility index (Phi) is 9.24. The summed E-state index contributed by atoms with van der Waals surface area (Å²) in [7, 11) is 1.56. The van der Waals surface area contributed by atoms with Gasteiger partial charge in [-0.3, -0.25) is 9.78 Å². The number of methoxy groups -OCH3 is 1. The number of nitrogens with zero attached hydrogens (tertiary/aromatic N) is 2. The third-order valence-electron chi connectivity index (χ3n) is 6.24. The topological polar surface area (TPSA) is 111 Å². The average Bonchev–Trinajstić information content (AvgIpc) is 2.94. The fourth-order valence-electron chi connectivity index (χ4n) is 4.19. The minimum atomic E-state index is -1.17. The van der Waals surface area contributed by atoms with E-state index >= 15 is 0 Å². The van der Waals surface area contributed by atoms with Crippen LogP contribution in [0.25, 0.3) is 11.1 Å². The number of ketones is 1. The summed E-state index contributed by atoms with van der Waals surface area (Å²) in [6.07, 6.45) is 3.89. The van der Waals surface area contributed by atoms with Crippen LogP contribution in [-0.4, -0.2) is 35.4 Å². The van der Waals surface area contributed by atoms with Crippen molar-refractivity contribution in [3.8, 4) is 34.3 Å². The molecule has 4 aromatic rings. The largest absolute Gasteiger partial charge is 1.00 e. The minimum Gasteiger partial charge on any atom is -0.549 e. The molecule has 0 bridgehead atoms. The zero-order valence-electron chi connectivity index (χ0n) is 21.3. The summed E-state index contributed by atoms with van der Waals surface area (Å²) >= 11 is 6.35. The minimum absolute atomic E-state index is 0. The number of hydrogen-bond donors (Lipinski definition) is 0. The van der Waals surface area contributed by atoms with Crippen molar-refractivity contribution in [1.29, 1.82) is 0 Å². The molecular weight excluding hydrogens is 531 g/mol. The van der Waals surface area contributed by atoms with Gasteiger partial charge >= 0.3 is 29.6 Å². The molecule has 0 fully saturated rings. The summed E-state index contributed by atoms with van der Waals surface area (Å²) in [5, 5.41) is 11.7. The number of benzene rings is 2. The Labute approximate surface area is 252 Å². The summed E-state index contributed by atoms with van der Waals surface area (Å²) in [6, 6.07) is 17.2.